The minimum atomic E-state index is 0.293. The van der Waals surface area contributed by atoms with Crippen LogP contribution in [-0.4, -0.2) is 32.2 Å². The molecule has 0 bridgehead atoms. The number of aromatic nitrogens is 4. The van der Waals surface area contributed by atoms with Crippen LogP contribution < -0.4 is 10.6 Å². The molecule has 154 valence electrons. The van der Waals surface area contributed by atoms with Gasteiger partial charge in [-0.25, -0.2) is 4.98 Å². The van der Waals surface area contributed by atoms with Crippen molar-refractivity contribution < 1.29 is 0 Å². The Bertz CT molecular complexity index is 1260. The number of hydrogen-bond acceptors (Lipinski definition) is 6. The maximum atomic E-state index is 4.75. The number of imidazole rings is 1. The number of fused-ring (bicyclic) bond motifs is 2. The van der Waals surface area contributed by atoms with Gasteiger partial charge in [-0.15, -0.1) is 0 Å². The highest BCUT2D eigenvalue weighted by Crippen LogP contribution is 2.39. The van der Waals surface area contributed by atoms with Gasteiger partial charge in [0, 0.05) is 23.9 Å². The lowest BCUT2D eigenvalue weighted by Crippen LogP contribution is -2.27. The lowest BCUT2D eigenvalue weighted by molar-refractivity contribution is 0.445. The van der Waals surface area contributed by atoms with Gasteiger partial charge in [0.25, 0.3) is 0 Å². The van der Waals surface area contributed by atoms with Gasteiger partial charge in [0.1, 0.15) is 5.52 Å². The summed E-state index contributed by atoms with van der Waals surface area (Å²) < 4.78 is 0. The van der Waals surface area contributed by atoms with E-state index in [1.165, 1.54) is 30.4 Å². The number of nitrogens with one attached hydrogen (secondary N) is 3. The van der Waals surface area contributed by atoms with Crippen LogP contribution in [0.5, 0.6) is 0 Å². The Hall–Kier alpha value is -3.74. The van der Waals surface area contributed by atoms with Crippen molar-refractivity contribution in [1.82, 2.24) is 19.9 Å². The molecule has 7 heteroatoms. The van der Waals surface area contributed by atoms with Crippen molar-refractivity contribution in [3.8, 4) is 0 Å². The van der Waals surface area contributed by atoms with Gasteiger partial charge >= 0.3 is 0 Å². The van der Waals surface area contributed by atoms with E-state index in [2.05, 4.69) is 73.0 Å². The molecule has 7 nitrogen and oxygen atoms in total. The summed E-state index contributed by atoms with van der Waals surface area (Å²) in [5.41, 5.74) is 5.98. The van der Waals surface area contributed by atoms with E-state index in [9.17, 15) is 0 Å². The van der Waals surface area contributed by atoms with Crippen LogP contribution in [0.1, 0.15) is 42.7 Å². The average Bonchev–Trinajstić information content (AvgIpc) is 3.25. The van der Waals surface area contributed by atoms with Crippen molar-refractivity contribution in [2.75, 3.05) is 10.6 Å². The number of hydrogen-bond donors (Lipinski definition) is 3. The zero-order valence-corrected chi connectivity index (χ0v) is 17.0. The van der Waals surface area contributed by atoms with Crippen molar-refractivity contribution >= 4 is 40.5 Å². The molecule has 4 aromatic rings. The van der Waals surface area contributed by atoms with Gasteiger partial charge in [-0.05, 0) is 55.0 Å². The summed E-state index contributed by atoms with van der Waals surface area (Å²) in [6.45, 7) is 0. The van der Waals surface area contributed by atoms with Crippen molar-refractivity contribution in [3.05, 3.63) is 66.0 Å². The first-order chi connectivity index (χ1) is 15.3. The molecule has 1 atom stereocenters. The number of H-pyrrole nitrogens is 1. The van der Waals surface area contributed by atoms with E-state index in [0.717, 1.165) is 29.1 Å². The van der Waals surface area contributed by atoms with E-state index in [1.807, 2.05) is 12.3 Å². The highest BCUT2D eigenvalue weighted by Gasteiger charge is 2.22. The molecule has 2 aromatic carbocycles. The minimum absolute atomic E-state index is 0.293. The minimum Gasteiger partial charge on any atom is -0.365 e. The largest absolute Gasteiger partial charge is 0.365 e. The molecule has 0 spiro atoms. The first-order valence-electron chi connectivity index (χ1n) is 10.8. The molecule has 2 aliphatic rings. The molecule has 31 heavy (non-hydrogen) atoms. The molecule has 1 unspecified atom stereocenters. The van der Waals surface area contributed by atoms with Gasteiger partial charge in [0.05, 0.1) is 12.0 Å². The average molecular weight is 409 g/mol. The Balaban J connectivity index is 1.33. The molecule has 1 fully saturated rings. The molecule has 6 rings (SSSR count). The van der Waals surface area contributed by atoms with Gasteiger partial charge in [-0.2, -0.15) is 9.97 Å². The van der Waals surface area contributed by atoms with Crippen LogP contribution in [0.2, 0.25) is 0 Å². The van der Waals surface area contributed by atoms with Crippen LogP contribution >= 0.6 is 0 Å². The highest BCUT2D eigenvalue weighted by atomic mass is 15.2. The third kappa shape index (κ3) is 3.42. The van der Waals surface area contributed by atoms with E-state index in [4.69, 9.17) is 4.98 Å². The van der Waals surface area contributed by atoms with E-state index in [0.29, 0.717) is 23.6 Å². The van der Waals surface area contributed by atoms with Gasteiger partial charge in [0.15, 0.2) is 11.5 Å². The fraction of sp³-hybridized carbons (Fsp3) is 0.250. The van der Waals surface area contributed by atoms with Crippen molar-refractivity contribution in [2.24, 2.45) is 4.99 Å². The second kappa shape index (κ2) is 7.50. The summed E-state index contributed by atoms with van der Waals surface area (Å²) >= 11 is 0. The SMILES string of the molecule is C1=Nc2ccc(Nc3nc(NC4CCC4)c4[nH]cnc4n3)cc2C(c2ccccc2)C1. The fourth-order valence-electron chi connectivity index (χ4n) is 4.28. The Morgan fingerprint density at radius 1 is 1.00 bits per heavy atom. The van der Waals surface area contributed by atoms with E-state index in [-0.39, 0.29) is 0 Å². The molecule has 0 amide bonds. The zero-order valence-electron chi connectivity index (χ0n) is 17.0. The van der Waals surface area contributed by atoms with Crippen LogP contribution in [0, 0.1) is 0 Å². The highest BCUT2D eigenvalue weighted by molar-refractivity contribution is 5.84. The molecule has 3 heterocycles. The van der Waals surface area contributed by atoms with Crippen LogP contribution in [-0.2, 0) is 0 Å². The van der Waals surface area contributed by atoms with Gasteiger partial charge in [-0.1, -0.05) is 30.3 Å². The van der Waals surface area contributed by atoms with Gasteiger partial charge in [0.2, 0.25) is 5.95 Å². The molecular weight excluding hydrogens is 386 g/mol. The number of anilines is 3. The summed E-state index contributed by atoms with van der Waals surface area (Å²) in [5.74, 6) is 1.64. The second-order valence-electron chi connectivity index (χ2n) is 8.18. The maximum Gasteiger partial charge on any atom is 0.231 e. The number of rotatable bonds is 5. The van der Waals surface area contributed by atoms with Crippen LogP contribution in [0.15, 0.2) is 59.9 Å². The quantitative estimate of drug-likeness (QED) is 0.416. The van der Waals surface area contributed by atoms with Crippen LogP contribution in [0.4, 0.5) is 23.1 Å². The smallest absolute Gasteiger partial charge is 0.231 e. The molecule has 0 saturated heterocycles. The molecule has 1 aliphatic heterocycles. The zero-order chi connectivity index (χ0) is 20.6. The molecule has 2 aromatic heterocycles. The molecule has 3 N–H and O–H groups in total. The predicted molar refractivity (Wildman–Crippen MR) is 124 cm³/mol. The molecular formula is C24H23N7. The van der Waals surface area contributed by atoms with Crippen LogP contribution in [0.25, 0.3) is 11.2 Å². The van der Waals surface area contributed by atoms with Crippen LogP contribution in [0.3, 0.4) is 0 Å². The summed E-state index contributed by atoms with van der Waals surface area (Å²) in [6.07, 6.45) is 8.19. The third-order valence-corrected chi connectivity index (χ3v) is 6.16. The monoisotopic (exact) mass is 409 g/mol. The van der Waals surface area contributed by atoms with Crippen molar-refractivity contribution in [1.29, 1.82) is 0 Å². The van der Waals surface area contributed by atoms with E-state index in [1.54, 1.807) is 6.33 Å². The predicted octanol–water partition coefficient (Wildman–Crippen LogP) is 5.30. The Kier molecular flexibility index (Phi) is 4.37. The maximum absolute atomic E-state index is 4.75. The standard InChI is InChI=1S/C24H23N7/c1-2-5-15(6-3-1)18-11-12-25-20-10-9-17(13-19(18)20)29-24-30-22-21(26-14-27-22)23(31-24)28-16-7-4-8-16/h1-3,5-6,9-10,12-14,16,18H,4,7-8,11H2,(H3,26,27,28,29,30,31). The topological polar surface area (TPSA) is 90.9 Å². The van der Waals surface area contributed by atoms with Crippen molar-refractivity contribution in [2.45, 2.75) is 37.6 Å². The van der Waals surface area contributed by atoms with Gasteiger partial charge < -0.3 is 15.6 Å². The number of aromatic amines is 1. The van der Waals surface area contributed by atoms with Gasteiger partial charge in [-0.3, -0.25) is 4.99 Å². The Morgan fingerprint density at radius 3 is 2.74 bits per heavy atom. The van der Waals surface area contributed by atoms with Crippen molar-refractivity contribution in [3.63, 3.8) is 0 Å². The third-order valence-electron chi connectivity index (χ3n) is 6.16. The van der Waals surface area contributed by atoms with E-state index >= 15 is 0 Å². The summed E-state index contributed by atoms with van der Waals surface area (Å²) in [6, 6.07) is 17.3. The Labute approximate surface area is 180 Å². The number of nitrogens with zero attached hydrogens (tertiary/aromatic N) is 4. The summed E-state index contributed by atoms with van der Waals surface area (Å²) in [7, 11) is 0. The first kappa shape index (κ1) is 18.1. The number of benzene rings is 2. The molecule has 1 saturated carbocycles. The molecule has 1 aliphatic carbocycles. The second-order valence-corrected chi connectivity index (χ2v) is 8.18. The summed E-state index contributed by atoms with van der Waals surface area (Å²) in [5, 5.41) is 6.92. The lowest BCUT2D eigenvalue weighted by atomic mass is 9.86. The summed E-state index contributed by atoms with van der Waals surface area (Å²) in [4.78, 5) is 21.5. The molecule has 0 radical (unpaired) electrons. The van der Waals surface area contributed by atoms with E-state index < -0.39 is 0 Å². The first-order valence-corrected chi connectivity index (χ1v) is 10.8. The Morgan fingerprint density at radius 2 is 1.90 bits per heavy atom. The number of aliphatic imine (C=N–C) groups is 1. The fourth-order valence-corrected chi connectivity index (χ4v) is 4.28. The lowest BCUT2D eigenvalue weighted by Gasteiger charge is -2.27. The normalized spacial score (nSPS) is 17.9.